The van der Waals surface area contributed by atoms with Gasteiger partial charge in [0.2, 0.25) is 0 Å². The second kappa shape index (κ2) is 8.38. The molecule has 0 saturated carbocycles. The summed E-state index contributed by atoms with van der Waals surface area (Å²) < 4.78 is 0. The van der Waals surface area contributed by atoms with Gasteiger partial charge in [-0.3, -0.25) is 0 Å². The van der Waals surface area contributed by atoms with Crippen LogP contribution in [0.4, 0.5) is 0 Å². The lowest BCUT2D eigenvalue weighted by Crippen LogP contribution is -1.94. The van der Waals surface area contributed by atoms with Crippen molar-refractivity contribution in [3.63, 3.8) is 0 Å². The summed E-state index contributed by atoms with van der Waals surface area (Å²) in [5.41, 5.74) is 6.62. The number of benzene rings is 2. The van der Waals surface area contributed by atoms with Crippen molar-refractivity contribution in [2.75, 3.05) is 0 Å². The summed E-state index contributed by atoms with van der Waals surface area (Å²) in [6, 6.07) is 17.1. The van der Waals surface area contributed by atoms with E-state index in [-0.39, 0.29) is 0 Å². The maximum atomic E-state index is 3.99. The third-order valence-corrected chi connectivity index (χ3v) is 4.04. The van der Waals surface area contributed by atoms with Crippen LogP contribution in [0.5, 0.6) is 0 Å². The van der Waals surface area contributed by atoms with Gasteiger partial charge in [0, 0.05) is 0 Å². The summed E-state index contributed by atoms with van der Waals surface area (Å²) in [7, 11) is 0. The van der Waals surface area contributed by atoms with E-state index in [0.29, 0.717) is 0 Å². The largest absolute Gasteiger partial charge is 0.0984 e. The average molecular weight is 290 g/mol. The monoisotopic (exact) mass is 290 g/mol. The van der Waals surface area contributed by atoms with Crippen molar-refractivity contribution in [3.8, 4) is 0 Å². The number of rotatable bonds is 7. The lowest BCUT2D eigenvalue weighted by Gasteiger charge is -2.15. The fourth-order valence-electron chi connectivity index (χ4n) is 2.88. The first-order chi connectivity index (χ1) is 10.8. The van der Waals surface area contributed by atoms with Gasteiger partial charge in [-0.25, -0.2) is 0 Å². The topological polar surface area (TPSA) is 0 Å². The Morgan fingerprint density at radius 1 is 1.00 bits per heavy atom. The van der Waals surface area contributed by atoms with Crippen molar-refractivity contribution in [3.05, 3.63) is 77.4 Å². The molecule has 0 nitrogen and oxygen atoms in total. The molecule has 2 rings (SSSR count). The minimum atomic E-state index is 1.12. The Labute approximate surface area is 135 Å². The highest BCUT2D eigenvalue weighted by atomic mass is 14.1. The highest BCUT2D eigenvalue weighted by molar-refractivity contribution is 5.86. The Morgan fingerprint density at radius 3 is 2.45 bits per heavy atom. The zero-order valence-corrected chi connectivity index (χ0v) is 13.8. The summed E-state index contributed by atoms with van der Waals surface area (Å²) in [6.45, 7) is 8.44. The highest BCUT2D eigenvalue weighted by Gasteiger charge is 2.09. The number of hydrogen-bond donors (Lipinski definition) is 0. The number of unbranched alkanes of at least 4 members (excludes halogenated alkanes) is 2. The Bertz CT molecular complexity index is 632. The molecule has 0 saturated heterocycles. The zero-order chi connectivity index (χ0) is 15.8. The molecule has 2 aromatic rings. The van der Waals surface area contributed by atoms with E-state index in [9.17, 15) is 0 Å². The summed E-state index contributed by atoms with van der Waals surface area (Å²) in [6.07, 6.45) is 9.20. The van der Waals surface area contributed by atoms with Gasteiger partial charge >= 0.3 is 0 Å². The van der Waals surface area contributed by atoms with Crippen molar-refractivity contribution in [1.29, 1.82) is 0 Å². The van der Waals surface area contributed by atoms with Gasteiger partial charge in [-0.1, -0.05) is 87.0 Å². The molecule has 114 valence electrons. The van der Waals surface area contributed by atoms with Gasteiger partial charge in [0.15, 0.2) is 0 Å². The van der Waals surface area contributed by atoms with Crippen molar-refractivity contribution < 1.29 is 0 Å². The van der Waals surface area contributed by atoms with Gasteiger partial charge in [0.25, 0.3) is 0 Å². The maximum absolute atomic E-state index is 3.99. The van der Waals surface area contributed by atoms with Crippen LogP contribution < -0.4 is 0 Å². The normalized spacial score (nSPS) is 11.5. The molecule has 0 bridgehead atoms. The van der Waals surface area contributed by atoms with Gasteiger partial charge < -0.3 is 0 Å². The highest BCUT2D eigenvalue weighted by Crippen LogP contribution is 2.30. The Kier molecular flexibility index (Phi) is 6.21. The van der Waals surface area contributed by atoms with E-state index in [4.69, 9.17) is 0 Å². The van der Waals surface area contributed by atoms with E-state index in [1.807, 2.05) is 6.08 Å². The smallest absolute Gasteiger partial charge is 0.0123 e. The lowest BCUT2D eigenvalue weighted by molar-refractivity contribution is 0.736. The van der Waals surface area contributed by atoms with Gasteiger partial charge in [-0.05, 0) is 47.6 Å². The first-order valence-corrected chi connectivity index (χ1v) is 8.24. The Morgan fingerprint density at radius 2 is 1.77 bits per heavy atom. The second-order valence-corrected chi connectivity index (χ2v) is 5.78. The predicted octanol–water partition coefficient (Wildman–Crippen LogP) is 6.76. The minimum absolute atomic E-state index is 1.12. The molecule has 2 aromatic carbocycles. The van der Waals surface area contributed by atoms with Crippen LogP contribution in [0.2, 0.25) is 0 Å². The summed E-state index contributed by atoms with van der Waals surface area (Å²) >= 11 is 0. The molecule has 0 unspecified atom stereocenters. The molecule has 0 heteroatoms. The van der Waals surface area contributed by atoms with Crippen molar-refractivity contribution in [2.45, 2.75) is 39.5 Å². The Balaban J connectivity index is 2.45. The van der Waals surface area contributed by atoms with E-state index in [1.165, 1.54) is 47.1 Å². The fraction of sp³-hybridized carbons (Fsp3) is 0.273. The van der Waals surface area contributed by atoms with Crippen molar-refractivity contribution in [1.82, 2.24) is 0 Å². The van der Waals surface area contributed by atoms with Crippen LogP contribution in [-0.2, 0) is 0 Å². The molecule has 0 radical (unpaired) electrons. The van der Waals surface area contributed by atoms with Gasteiger partial charge in [0.1, 0.15) is 0 Å². The molecule has 22 heavy (non-hydrogen) atoms. The summed E-state index contributed by atoms with van der Waals surface area (Å²) in [4.78, 5) is 0. The fourth-order valence-corrected chi connectivity index (χ4v) is 2.88. The maximum Gasteiger partial charge on any atom is -0.0123 e. The molecule has 0 spiro atoms. The lowest BCUT2D eigenvalue weighted by atomic mass is 9.90. The van der Waals surface area contributed by atoms with E-state index >= 15 is 0 Å². The van der Waals surface area contributed by atoms with Crippen LogP contribution in [0.3, 0.4) is 0 Å². The minimum Gasteiger partial charge on any atom is -0.0984 e. The third kappa shape index (κ3) is 4.21. The van der Waals surface area contributed by atoms with Gasteiger partial charge in [-0.15, -0.1) is 0 Å². The molecule has 0 atom stereocenters. The quantitative estimate of drug-likeness (QED) is 0.390. The van der Waals surface area contributed by atoms with Crippen LogP contribution in [0, 0.1) is 6.92 Å². The molecule has 0 heterocycles. The van der Waals surface area contributed by atoms with Crippen LogP contribution in [-0.4, -0.2) is 0 Å². The van der Waals surface area contributed by atoms with E-state index in [1.54, 1.807) is 0 Å². The average Bonchev–Trinajstić information content (AvgIpc) is 2.55. The molecule has 0 aliphatic carbocycles. The standard InChI is InChI=1S/C22H26/c1-4-6-8-15-21(17-19-13-9-7-10-14-19)22-18(3)12-11-16-20(22)5-2/h5,7,9-14,16-17H,2,4,6,8,15H2,1,3H3/b21-17-. The molecule has 0 aromatic heterocycles. The van der Waals surface area contributed by atoms with E-state index in [0.717, 1.165) is 6.42 Å². The number of hydrogen-bond acceptors (Lipinski definition) is 0. The molecule has 0 aliphatic heterocycles. The number of aryl methyl sites for hydroxylation is 1. The van der Waals surface area contributed by atoms with Crippen molar-refractivity contribution >= 4 is 17.7 Å². The van der Waals surface area contributed by atoms with Crippen LogP contribution in [0.15, 0.2) is 55.1 Å². The second-order valence-electron chi connectivity index (χ2n) is 5.78. The predicted molar refractivity (Wildman–Crippen MR) is 99.7 cm³/mol. The van der Waals surface area contributed by atoms with Gasteiger partial charge in [-0.2, -0.15) is 0 Å². The van der Waals surface area contributed by atoms with Crippen LogP contribution in [0.1, 0.15) is 54.9 Å². The summed E-state index contributed by atoms with van der Waals surface area (Å²) in [5.74, 6) is 0. The Hall–Kier alpha value is -2.08. The molecule has 0 amide bonds. The zero-order valence-electron chi connectivity index (χ0n) is 13.8. The van der Waals surface area contributed by atoms with Crippen molar-refractivity contribution in [2.24, 2.45) is 0 Å². The third-order valence-electron chi connectivity index (χ3n) is 4.04. The first kappa shape index (κ1) is 16.3. The van der Waals surface area contributed by atoms with E-state index < -0.39 is 0 Å². The van der Waals surface area contributed by atoms with E-state index in [2.05, 4.69) is 75.0 Å². The summed E-state index contributed by atoms with van der Waals surface area (Å²) in [5, 5.41) is 0. The molecular formula is C22H26. The molecule has 0 fully saturated rings. The first-order valence-electron chi connectivity index (χ1n) is 8.24. The molecular weight excluding hydrogens is 264 g/mol. The van der Waals surface area contributed by atoms with Crippen LogP contribution >= 0.6 is 0 Å². The van der Waals surface area contributed by atoms with Crippen LogP contribution in [0.25, 0.3) is 17.7 Å². The SMILES string of the molecule is C=Cc1cccc(C)c1/C(=C\c1ccccc1)CCCCC. The van der Waals surface area contributed by atoms with Gasteiger partial charge in [0.05, 0.1) is 0 Å². The number of allylic oxidation sites excluding steroid dienone is 1. The molecule has 0 aliphatic rings. The molecule has 0 N–H and O–H groups in total.